The van der Waals surface area contributed by atoms with Crippen molar-refractivity contribution < 1.29 is 29.0 Å². The first-order valence-electron chi connectivity index (χ1n) is 9.84. The summed E-state index contributed by atoms with van der Waals surface area (Å²) in [5.74, 6) is -2.17. The molecule has 3 fully saturated rings. The number of aliphatic carboxylic acids is 1. The van der Waals surface area contributed by atoms with E-state index in [-0.39, 0.29) is 18.3 Å². The molecule has 3 saturated heterocycles. The van der Waals surface area contributed by atoms with E-state index in [0.717, 1.165) is 4.90 Å². The smallest absolute Gasteiger partial charge is 0.411 e. The Balaban J connectivity index is 2.71. The first-order valence-corrected chi connectivity index (χ1v) is 9.84. The lowest BCUT2D eigenvalue weighted by molar-refractivity contribution is -0.195. The summed E-state index contributed by atoms with van der Waals surface area (Å²) in [6.45, 7) is 9.72. The van der Waals surface area contributed by atoms with Crippen LogP contribution in [0.5, 0.6) is 0 Å². The maximum absolute atomic E-state index is 13.6. The summed E-state index contributed by atoms with van der Waals surface area (Å²) in [7, 11) is 2.87. The van der Waals surface area contributed by atoms with Gasteiger partial charge in [-0.25, -0.2) is 9.59 Å². The van der Waals surface area contributed by atoms with Crippen LogP contribution >= 0.6 is 0 Å². The average molecular weight is 399 g/mol. The average Bonchev–Trinajstić information content (AvgIpc) is 2.57. The van der Waals surface area contributed by atoms with Crippen LogP contribution in [-0.4, -0.2) is 83.3 Å². The Morgan fingerprint density at radius 3 is 2.18 bits per heavy atom. The second-order valence-electron chi connectivity index (χ2n) is 9.18. The molecule has 0 aliphatic carbocycles. The number of fused-ring (bicyclic) bond motifs is 3. The number of rotatable bonds is 6. The number of carboxylic acids is 1. The molecule has 3 heterocycles. The van der Waals surface area contributed by atoms with E-state index in [1.165, 1.54) is 14.2 Å². The van der Waals surface area contributed by atoms with E-state index in [0.29, 0.717) is 25.9 Å². The summed E-state index contributed by atoms with van der Waals surface area (Å²) in [4.78, 5) is 42.5. The van der Waals surface area contributed by atoms with Gasteiger partial charge in [0.05, 0.1) is 6.61 Å². The Morgan fingerprint density at radius 2 is 1.82 bits per heavy atom. The fraction of sp³-hybridized carbons (Fsp3) is 0.850. The number of ketones is 1. The second-order valence-corrected chi connectivity index (χ2v) is 9.18. The zero-order valence-electron chi connectivity index (χ0n) is 18.1. The number of piperidine rings is 3. The van der Waals surface area contributed by atoms with Gasteiger partial charge in [0.2, 0.25) is 0 Å². The van der Waals surface area contributed by atoms with E-state index in [2.05, 4.69) is 0 Å². The Morgan fingerprint density at radius 1 is 1.29 bits per heavy atom. The topological polar surface area (TPSA) is 96.4 Å². The van der Waals surface area contributed by atoms with Crippen LogP contribution in [-0.2, 0) is 19.1 Å². The molecule has 1 N–H and O–H groups in total. The van der Waals surface area contributed by atoms with Gasteiger partial charge in [-0.05, 0) is 52.6 Å². The normalized spacial score (nSPS) is 29.5. The van der Waals surface area contributed by atoms with Crippen LogP contribution in [0.4, 0.5) is 4.79 Å². The third-order valence-corrected chi connectivity index (χ3v) is 6.15. The van der Waals surface area contributed by atoms with E-state index in [1.807, 2.05) is 4.90 Å². The van der Waals surface area contributed by atoms with Crippen molar-refractivity contribution in [3.05, 3.63) is 0 Å². The van der Waals surface area contributed by atoms with Crippen LogP contribution in [0.15, 0.2) is 0 Å². The third kappa shape index (κ3) is 3.20. The highest BCUT2D eigenvalue weighted by molar-refractivity contribution is 6.02. The van der Waals surface area contributed by atoms with Crippen LogP contribution in [0.2, 0.25) is 0 Å². The van der Waals surface area contributed by atoms with Crippen molar-refractivity contribution in [2.45, 2.75) is 64.1 Å². The van der Waals surface area contributed by atoms with Crippen molar-refractivity contribution in [2.24, 2.45) is 11.8 Å². The second kappa shape index (κ2) is 7.63. The molecule has 3 rings (SSSR count). The van der Waals surface area contributed by atoms with Gasteiger partial charge in [-0.3, -0.25) is 14.6 Å². The maximum Gasteiger partial charge on any atom is 0.411 e. The number of hydrogen-bond acceptors (Lipinski definition) is 6. The van der Waals surface area contributed by atoms with Crippen molar-refractivity contribution >= 4 is 17.8 Å². The highest BCUT2D eigenvalue weighted by Crippen LogP contribution is 2.48. The first-order chi connectivity index (χ1) is 12.9. The van der Waals surface area contributed by atoms with Gasteiger partial charge < -0.3 is 14.6 Å². The summed E-state index contributed by atoms with van der Waals surface area (Å²) in [5, 5.41) is 10.5. The fourth-order valence-corrected chi connectivity index (χ4v) is 5.11. The summed E-state index contributed by atoms with van der Waals surface area (Å²) >= 11 is 0. The Kier molecular flexibility index (Phi) is 6.16. The lowest BCUT2D eigenvalue weighted by Crippen LogP contribution is -2.84. The Labute approximate surface area is 167 Å². The minimum Gasteiger partial charge on any atom is -0.479 e. The molecular weight excluding hydrogens is 364 g/mol. The van der Waals surface area contributed by atoms with Gasteiger partial charge in [0, 0.05) is 20.1 Å². The molecule has 0 spiro atoms. The van der Waals surface area contributed by atoms with Crippen LogP contribution in [0, 0.1) is 11.8 Å². The number of carbonyl (C=O) groups excluding carboxylic acids is 2. The van der Waals surface area contributed by atoms with Crippen LogP contribution in [0.25, 0.3) is 0 Å². The van der Waals surface area contributed by atoms with Crippen molar-refractivity contribution in [3.8, 4) is 0 Å². The number of likely N-dealkylation sites (N-methyl/N-ethyl adjacent to an activating group) is 1. The largest absolute Gasteiger partial charge is 0.479 e. The minimum atomic E-state index is -1.83. The molecule has 1 amide bonds. The molecule has 0 saturated carbocycles. The molecule has 28 heavy (non-hydrogen) atoms. The number of nitrogens with zero attached hydrogens (tertiary/aromatic N) is 2. The monoisotopic (exact) mass is 398 g/mol. The lowest BCUT2D eigenvalue weighted by atomic mass is 9.59. The van der Waals surface area contributed by atoms with E-state index in [4.69, 9.17) is 9.47 Å². The number of ether oxygens (including phenoxy) is 2. The van der Waals surface area contributed by atoms with Crippen molar-refractivity contribution in [2.75, 3.05) is 33.9 Å². The lowest BCUT2D eigenvalue weighted by Gasteiger charge is -2.62. The van der Waals surface area contributed by atoms with Gasteiger partial charge >= 0.3 is 12.1 Å². The predicted octanol–water partition coefficient (Wildman–Crippen LogP) is 2.01. The molecule has 2 bridgehead atoms. The number of carbonyl (C=O) groups is 3. The van der Waals surface area contributed by atoms with Crippen LogP contribution in [0.3, 0.4) is 0 Å². The molecule has 1 unspecified atom stereocenters. The van der Waals surface area contributed by atoms with Gasteiger partial charge in [0.15, 0.2) is 11.3 Å². The minimum absolute atomic E-state index is 0.0973. The first kappa shape index (κ1) is 22.6. The summed E-state index contributed by atoms with van der Waals surface area (Å²) < 4.78 is 10.9. The molecule has 0 aromatic heterocycles. The van der Waals surface area contributed by atoms with Crippen LogP contribution in [0.1, 0.15) is 47.5 Å². The summed E-state index contributed by atoms with van der Waals surface area (Å²) in [5.41, 5.74) is -4.09. The van der Waals surface area contributed by atoms with Gasteiger partial charge in [-0.1, -0.05) is 13.8 Å². The quantitative estimate of drug-likeness (QED) is 0.731. The predicted molar refractivity (Wildman–Crippen MR) is 103 cm³/mol. The molecule has 0 aromatic carbocycles. The van der Waals surface area contributed by atoms with Crippen molar-refractivity contribution in [1.29, 1.82) is 0 Å². The molecule has 8 heteroatoms. The third-order valence-electron chi connectivity index (χ3n) is 6.15. The summed E-state index contributed by atoms with van der Waals surface area (Å²) in [6, 6.07) is 0. The molecule has 8 nitrogen and oxygen atoms in total. The number of hydrogen-bond donors (Lipinski definition) is 1. The zero-order chi connectivity index (χ0) is 21.5. The number of amides is 1. The molecular formula is C20H34N2O6. The van der Waals surface area contributed by atoms with Gasteiger partial charge in [0.25, 0.3) is 0 Å². The number of Topliss-reactive ketones (excluding diaryl/α,β-unsaturated/α-hetero) is 1. The number of carboxylic acid groups (broad SMARTS) is 1. The van der Waals surface area contributed by atoms with E-state index >= 15 is 0 Å². The zero-order valence-corrected chi connectivity index (χ0v) is 18.1. The molecule has 3 aliphatic rings. The van der Waals surface area contributed by atoms with E-state index in [9.17, 15) is 19.5 Å². The number of methoxy groups -OCH3 is 1. The SMILES string of the molecule is COCC1([C@@](C(=O)O)(C(C)C)N(C)C(=O)OC(C)(C)C)C(=O)C2CCN1CC2. The fourth-order valence-electron chi connectivity index (χ4n) is 5.11. The molecule has 3 aliphatic heterocycles. The van der Waals surface area contributed by atoms with E-state index in [1.54, 1.807) is 34.6 Å². The molecule has 160 valence electrons. The Bertz CT molecular complexity index is 635. The van der Waals surface area contributed by atoms with Gasteiger partial charge in [-0.2, -0.15) is 0 Å². The highest BCUT2D eigenvalue weighted by atomic mass is 16.6. The molecule has 2 atom stereocenters. The summed E-state index contributed by atoms with van der Waals surface area (Å²) in [6.07, 6.45) is 0.636. The van der Waals surface area contributed by atoms with Gasteiger partial charge in [0.1, 0.15) is 11.1 Å². The maximum atomic E-state index is 13.6. The molecule has 0 radical (unpaired) electrons. The van der Waals surface area contributed by atoms with Gasteiger partial charge in [-0.15, -0.1) is 0 Å². The standard InChI is InChI=1S/C20H34N2O6/c1-13(2)20(16(24)25,21(6)17(26)28-18(3,4)5)19(12-27-7)15(23)14-8-10-22(19)11-9-14/h13-14H,8-12H2,1-7H3,(H,24,25)/t19?,20-/m0/s1. The van der Waals surface area contributed by atoms with Crippen molar-refractivity contribution in [3.63, 3.8) is 0 Å². The highest BCUT2D eigenvalue weighted by Gasteiger charge is 2.71. The Hall–Kier alpha value is -1.67. The van der Waals surface area contributed by atoms with E-state index < -0.39 is 34.7 Å². The van der Waals surface area contributed by atoms with Crippen LogP contribution < -0.4 is 0 Å². The molecule has 0 aromatic rings. The van der Waals surface area contributed by atoms with Crippen molar-refractivity contribution in [1.82, 2.24) is 9.80 Å².